The smallest absolute Gasteiger partial charge is 0.250 e. The average molecular weight is 344 g/mol. The van der Waals surface area contributed by atoms with Gasteiger partial charge in [0.25, 0.3) is 5.91 Å². The lowest BCUT2D eigenvalue weighted by Crippen LogP contribution is -2.47. The molecule has 5 nitrogen and oxygen atoms in total. The van der Waals surface area contributed by atoms with Crippen molar-refractivity contribution in [1.82, 2.24) is 10.6 Å². The molecule has 1 aliphatic rings. The van der Waals surface area contributed by atoms with Crippen LogP contribution in [0.4, 0.5) is 4.39 Å². The van der Waals surface area contributed by atoms with Crippen molar-refractivity contribution < 1.29 is 18.7 Å². The van der Waals surface area contributed by atoms with Gasteiger partial charge in [-0.05, 0) is 35.4 Å². The largest absolute Gasteiger partial charge is 0.489 e. The zero-order valence-corrected chi connectivity index (χ0v) is 13.8. The molecule has 1 atom stereocenters. The third-order valence-corrected chi connectivity index (χ3v) is 3.90. The molecule has 0 spiro atoms. The highest BCUT2D eigenvalue weighted by Gasteiger charge is 2.21. The van der Waals surface area contributed by atoms with Gasteiger partial charge >= 0.3 is 0 Å². The average Bonchev–Trinajstić information content (AvgIpc) is 2.66. The number of benzene rings is 2. The van der Waals surface area contributed by atoms with Crippen molar-refractivity contribution in [3.8, 4) is 5.75 Å². The first-order valence-corrected chi connectivity index (χ1v) is 8.27. The van der Waals surface area contributed by atoms with E-state index in [1.165, 1.54) is 12.1 Å². The predicted octanol–water partition coefficient (Wildman–Crippen LogP) is 2.01. The summed E-state index contributed by atoms with van der Waals surface area (Å²) in [6.07, 6.45) is -0.428. The molecule has 1 amide bonds. The van der Waals surface area contributed by atoms with Crippen LogP contribution in [0.2, 0.25) is 0 Å². The lowest BCUT2D eigenvalue weighted by molar-refractivity contribution is -0.134. The third kappa shape index (κ3) is 5.27. The van der Waals surface area contributed by atoms with Crippen LogP contribution < -0.4 is 15.4 Å². The number of halogens is 1. The summed E-state index contributed by atoms with van der Waals surface area (Å²) in [5.74, 6) is 0.308. The van der Waals surface area contributed by atoms with Crippen molar-refractivity contribution in [2.45, 2.75) is 19.3 Å². The maximum atomic E-state index is 13.1. The molecule has 0 aromatic heterocycles. The molecule has 6 heteroatoms. The van der Waals surface area contributed by atoms with Crippen molar-refractivity contribution in [2.24, 2.45) is 0 Å². The molecule has 132 valence electrons. The van der Waals surface area contributed by atoms with Crippen LogP contribution in [0.5, 0.6) is 5.75 Å². The van der Waals surface area contributed by atoms with Crippen molar-refractivity contribution in [2.75, 3.05) is 19.7 Å². The number of hydrogen-bond donors (Lipinski definition) is 2. The number of rotatable bonds is 6. The second-order valence-corrected chi connectivity index (χ2v) is 5.84. The van der Waals surface area contributed by atoms with E-state index in [1.54, 1.807) is 6.07 Å². The van der Waals surface area contributed by atoms with Crippen molar-refractivity contribution in [3.63, 3.8) is 0 Å². The zero-order chi connectivity index (χ0) is 17.5. The van der Waals surface area contributed by atoms with Gasteiger partial charge in [-0.1, -0.05) is 24.3 Å². The molecule has 1 unspecified atom stereocenters. The number of carbonyl (C=O) groups is 1. The van der Waals surface area contributed by atoms with Crippen LogP contribution in [0.25, 0.3) is 0 Å². The molecule has 1 heterocycles. The quantitative estimate of drug-likeness (QED) is 0.842. The predicted molar refractivity (Wildman–Crippen MR) is 91.6 cm³/mol. The van der Waals surface area contributed by atoms with Gasteiger partial charge in [-0.2, -0.15) is 0 Å². The molecule has 0 saturated carbocycles. The summed E-state index contributed by atoms with van der Waals surface area (Å²) in [6, 6.07) is 13.8. The standard InChI is InChI=1S/C19H21FN2O3/c20-16-3-1-2-15(10-16)13-25-17-6-4-14(5-7-17)11-22-19(23)18-12-21-8-9-24-18/h1-7,10,18,21H,8-9,11-13H2,(H,22,23). The zero-order valence-electron chi connectivity index (χ0n) is 13.8. The van der Waals surface area contributed by atoms with E-state index in [-0.39, 0.29) is 11.7 Å². The maximum absolute atomic E-state index is 13.1. The van der Waals surface area contributed by atoms with Gasteiger partial charge in [0, 0.05) is 19.6 Å². The van der Waals surface area contributed by atoms with Gasteiger partial charge in [0.2, 0.25) is 0 Å². The lowest BCUT2D eigenvalue weighted by atomic mass is 10.2. The van der Waals surface area contributed by atoms with Crippen LogP contribution in [0, 0.1) is 5.82 Å². The molecule has 2 aromatic rings. The summed E-state index contributed by atoms with van der Waals surface area (Å²) in [4.78, 5) is 12.0. The van der Waals surface area contributed by atoms with E-state index < -0.39 is 6.10 Å². The Morgan fingerprint density at radius 1 is 1.24 bits per heavy atom. The summed E-state index contributed by atoms with van der Waals surface area (Å²) >= 11 is 0. The Kier molecular flexibility index (Phi) is 5.98. The fourth-order valence-corrected chi connectivity index (χ4v) is 2.53. The van der Waals surface area contributed by atoms with Crippen LogP contribution in [0.1, 0.15) is 11.1 Å². The van der Waals surface area contributed by atoms with E-state index in [4.69, 9.17) is 9.47 Å². The minimum absolute atomic E-state index is 0.112. The number of amides is 1. The molecule has 1 fully saturated rings. The van der Waals surface area contributed by atoms with Crippen LogP contribution >= 0.6 is 0 Å². The molecular formula is C19H21FN2O3. The summed E-state index contributed by atoms with van der Waals surface area (Å²) in [5.41, 5.74) is 1.74. The van der Waals surface area contributed by atoms with Gasteiger partial charge in [0.15, 0.2) is 0 Å². The Labute approximate surface area is 146 Å². The van der Waals surface area contributed by atoms with Crippen molar-refractivity contribution >= 4 is 5.91 Å². The second-order valence-electron chi connectivity index (χ2n) is 5.84. The first-order chi connectivity index (χ1) is 12.2. The van der Waals surface area contributed by atoms with Crippen LogP contribution in [-0.4, -0.2) is 31.7 Å². The fourth-order valence-electron chi connectivity index (χ4n) is 2.53. The summed E-state index contributed by atoms with van der Waals surface area (Å²) < 4.78 is 24.2. The van der Waals surface area contributed by atoms with Crippen LogP contribution in [-0.2, 0) is 22.7 Å². The van der Waals surface area contributed by atoms with Gasteiger partial charge in [0.1, 0.15) is 24.3 Å². The third-order valence-electron chi connectivity index (χ3n) is 3.90. The normalized spacial score (nSPS) is 17.1. The number of hydrogen-bond acceptors (Lipinski definition) is 4. The summed E-state index contributed by atoms with van der Waals surface area (Å²) in [5, 5.41) is 5.99. The topological polar surface area (TPSA) is 59.6 Å². The lowest BCUT2D eigenvalue weighted by Gasteiger charge is -2.22. The minimum Gasteiger partial charge on any atom is -0.489 e. The number of morpholine rings is 1. The Balaban J connectivity index is 1.46. The molecule has 1 saturated heterocycles. The molecule has 0 bridgehead atoms. The van der Waals surface area contributed by atoms with Crippen LogP contribution in [0.3, 0.4) is 0 Å². The highest BCUT2D eigenvalue weighted by atomic mass is 19.1. The number of ether oxygens (including phenoxy) is 2. The monoisotopic (exact) mass is 344 g/mol. The summed E-state index contributed by atoms with van der Waals surface area (Å²) in [7, 11) is 0. The van der Waals surface area contributed by atoms with Gasteiger partial charge in [0.05, 0.1) is 6.61 Å². The van der Waals surface area contributed by atoms with E-state index in [0.29, 0.717) is 32.1 Å². The molecular weight excluding hydrogens is 323 g/mol. The molecule has 25 heavy (non-hydrogen) atoms. The van der Waals surface area contributed by atoms with Crippen molar-refractivity contribution in [1.29, 1.82) is 0 Å². The Bertz CT molecular complexity index is 700. The Morgan fingerprint density at radius 3 is 2.80 bits per heavy atom. The fraction of sp³-hybridized carbons (Fsp3) is 0.316. The van der Waals surface area contributed by atoms with Gasteiger partial charge < -0.3 is 20.1 Å². The molecule has 0 aliphatic carbocycles. The minimum atomic E-state index is -0.428. The Morgan fingerprint density at radius 2 is 2.08 bits per heavy atom. The molecule has 1 aliphatic heterocycles. The van der Waals surface area contributed by atoms with E-state index in [9.17, 15) is 9.18 Å². The Hall–Kier alpha value is -2.44. The van der Waals surface area contributed by atoms with E-state index in [2.05, 4.69) is 10.6 Å². The first kappa shape index (κ1) is 17.4. The highest BCUT2D eigenvalue weighted by Crippen LogP contribution is 2.15. The van der Waals surface area contributed by atoms with E-state index in [1.807, 2.05) is 30.3 Å². The van der Waals surface area contributed by atoms with Gasteiger partial charge in [-0.25, -0.2) is 4.39 Å². The van der Waals surface area contributed by atoms with Crippen LogP contribution in [0.15, 0.2) is 48.5 Å². The summed E-state index contributed by atoms with van der Waals surface area (Å²) in [6.45, 7) is 2.61. The molecule has 2 aromatic carbocycles. The van der Waals surface area contributed by atoms with E-state index in [0.717, 1.165) is 17.7 Å². The first-order valence-electron chi connectivity index (χ1n) is 8.27. The SMILES string of the molecule is O=C(NCc1ccc(OCc2cccc(F)c2)cc1)C1CNCCO1. The highest BCUT2D eigenvalue weighted by molar-refractivity contribution is 5.81. The van der Waals surface area contributed by atoms with Crippen molar-refractivity contribution in [3.05, 3.63) is 65.5 Å². The second kappa shape index (κ2) is 8.60. The van der Waals surface area contributed by atoms with E-state index >= 15 is 0 Å². The van der Waals surface area contributed by atoms with Gasteiger partial charge in [-0.3, -0.25) is 4.79 Å². The molecule has 2 N–H and O–H groups in total. The molecule has 3 rings (SSSR count). The molecule has 0 radical (unpaired) electrons. The number of nitrogens with one attached hydrogen (secondary N) is 2. The maximum Gasteiger partial charge on any atom is 0.250 e. The van der Waals surface area contributed by atoms with Gasteiger partial charge in [-0.15, -0.1) is 0 Å². The number of carbonyl (C=O) groups excluding carboxylic acids is 1.